The first-order valence-corrected chi connectivity index (χ1v) is 20.2. The second-order valence-corrected chi connectivity index (χ2v) is 15.1. The number of benzene rings is 5. The Bertz CT molecular complexity index is 2320. The summed E-state index contributed by atoms with van der Waals surface area (Å²) in [5.74, 6) is -3.58. The molecule has 0 saturated carbocycles. The van der Waals surface area contributed by atoms with Gasteiger partial charge in [-0.3, -0.25) is 14.4 Å². The topological polar surface area (TPSA) is 172 Å². The summed E-state index contributed by atoms with van der Waals surface area (Å²) in [7, 11) is 0. The third-order valence-electron chi connectivity index (χ3n) is 10.9. The zero-order chi connectivity index (χ0) is 41.8. The Balaban J connectivity index is 1.05. The first kappa shape index (κ1) is 41.4. The van der Waals surface area contributed by atoms with Crippen LogP contribution < -0.4 is 21.3 Å². The maximum absolute atomic E-state index is 13.9. The van der Waals surface area contributed by atoms with Gasteiger partial charge >= 0.3 is 12.1 Å². The number of aliphatic hydroxyl groups is 1. The number of aliphatic hydroxyl groups excluding tert-OH is 1. The molecule has 2 aliphatic rings. The van der Waals surface area contributed by atoms with Gasteiger partial charge in [0.2, 0.25) is 11.8 Å². The third kappa shape index (κ3) is 10.4. The SMILES string of the molecule is O=C(C[C@H]1CC=CCC[C@H](NC(=O)OCC2c3ccccc3-c3ccccc32)C(=O)OC[C@@H](C(=O)Nc2ccc3ccccc3c2)NC1=O)N[C@@H](CO)Cc1ccccc1. The van der Waals surface area contributed by atoms with Crippen LogP contribution in [0.4, 0.5) is 10.5 Å². The number of carbonyl (C=O) groups is 5. The molecule has 0 fully saturated rings. The fraction of sp³-hybridized carbons (Fsp3) is 0.271. The van der Waals surface area contributed by atoms with Crippen molar-refractivity contribution in [2.24, 2.45) is 5.92 Å². The highest BCUT2D eigenvalue weighted by Crippen LogP contribution is 2.44. The van der Waals surface area contributed by atoms with Crippen molar-refractivity contribution in [3.63, 3.8) is 0 Å². The molecule has 4 amide bonds. The molecule has 5 aromatic carbocycles. The summed E-state index contributed by atoms with van der Waals surface area (Å²) in [5, 5.41) is 22.9. The van der Waals surface area contributed by atoms with Gasteiger partial charge in [-0.25, -0.2) is 9.59 Å². The number of amides is 4. The summed E-state index contributed by atoms with van der Waals surface area (Å²) >= 11 is 0. The van der Waals surface area contributed by atoms with Crippen LogP contribution in [0, 0.1) is 5.92 Å². The van der Waals surface area contributed by atoms with Gasteiger partial charge in [0.15, 0.2) is 0 Å². The number of hydrogen-bond donors (Lipinski definition) is 5. The van der Waals surface area contributed by atoms with E-state index in [9.17, 15) is 29.1 Å². The molecule has 1 aliphatic carbocycles. The van der Waals surface area contributed by atoms with Crippen LogP contribution in [0.5, 0.6) is 0 Å². The van der Waals surface area contributed by atoms with E-state index in [0.717, 1.165) is 38.6 Å². The Kier molecular flexibility index (Phi) is 13.6. The van der Waals surface area contributed by atoms with Crippen LogP contribution in [0.15, 0.2) is 133 Å². The molecular formula is C48H48N4O8. The minimum Gasteiger partial charge on any atom is -0.461 e. The molecule has 0 unspecified atom stereocenters. The average Bonchev–Trinajstić information content (AvgIpc) is 3.59. The zero-order valence-electron chi connectivity index (χ0n) is 33.1. The van der Waals surface area contributed by atoms with Gasteiger partial charge in [0.25, 0.3) is 5.91 Å². The number of hydrogen-bond acceptors (Lipinski definition) is 8. The second-order valence-electron chi connectivity index (χ2n) is 15.1. The van der Waals surface area contributed by atoms with Crippen molar-refractivity contribution < 1.29 is 38.6 Å². The van der Waals surface area contributed by atoms with Crippen LogP contribution >= 0.6 is 0 Å². The van der Waals surface area contributed by atoms with E-state index in [-0.39, 0.29) is 38.4 Å². The third-order valence-corrected chi connectivity index (χ3v) is 10.9. The fourth-order valence-electron chi connectivity index (χ4n) is 7.76. The van der Waals surface area contributed by atoms with E-state index < -0.39 is 60.4 Å². The molecule has 5 aromatic rings. The minimum atomic E-state index is -1.36. The van der Waals surface area contributed by atoms with Gasteiger partial charge in [0, 0.05) is 18.0 Å². The molecule has 5 N–H and O–H groups in total. The van der Waals surface area contributed by atoms with Crippen LogP contribution in [0.2, 0.25) is 0 Å². The molecular weight excluding hydrogens is 761 g/mol. The molecule has 12 nitrogen and oxygen atoms in total. The number of rotatable bonds is 11. The number of ether oxygens (including phenoxy) is 2. The van der Waals surface area contributed by atoms with Gasteiger partial charge in [-0.1, -0.05) is 121 Å². The zero-order valence-corrected chi connectivity index (χ0v) is 33.1. The predicted octanol–water partition coefficient (Wildman–Crippen LogP) is 6.18. The van der Waals surface area contributed by atoms with E-state index in [1.165, 1.54) is 0 Å². The van der Waals surface area contributed by atoms with E-state index in [1.807, 2.05) is 109 Å². The lowest BCUT2D eigenvalue weighted by atomic mass is 9.97. The van der Waals surface area contributed by atoms with Crippen molar-refractivity contribution in [2.45, 2.75) is 56.1 Å². The lowest BCUT2D eigenvalue weighted by molar-refractivity contribution is -0.148. The van der Waals surface area contributed by atoms with Crippen molar-refractivity contribution in [3.8, 4) is 11.1 Å². The fourth-order valence-corrected chi connectivity index (χ4v) is 7.76. The summed E-state index contributed by atoms with van der Waals surface area (Å²) in [6.45, 7) is -0.807. The Morgan fingerprint density at radius 3 is 2.23 bits per heavy atom. The van der Waals surface area contributed by atoms with E-state index in [1.54, 1.807) is 24.3 Å². The number of allylic oxidation sites excluding steroid dienone is 2. The molecule has 0 saturated heterocycles. The summed E-state index contributed by atoms with van der Waals surface area (Å²) in [6, 6.07) is 35.3. The number of carbonyl (C=O) groups excluding carboxylic acids is 5. The highest BCUT2D eigenvalue weighted by molar-refractivity contribution is 6.00. The lowest BCUT2D eigenvalue weighted by Gasteiger charge is -2.23. The Morgan fingerprint density at radius 1 is 0.817 bits per heavy atom. The average molecular weight is 809 g/mol. The van der Waals surface area contributed by atoms with Gasteiger partial charge < -0.3 is 35.8 Å². The van der Waals surface area contributed by atoms with E-state index >= 15 is 0 Å². The van der Waals surface area contributed by atoms with Gasteiger partial charge in [0.05, 0.1) is 18.6 Å². The van der Waals surface area contributed by atoms with Gasteiger partial charge in [-0.05, 0) is 76.4 Å². The van der Waals surface area contributed by atoms with Crippen molar-refractivity contribution in [1.82, 2.24) is 16.0 Å². The number of fused-ring (bicyclic) bond motifs is 4. The van der Waals surface area contributed by atoms with Crippen molar-refractivity contribution >= 4 is 46.2 Å². The monoisotopic (exact) mass is 808 g/mol. The van der Waals surface area contributed by atoms with Crippen LogP contribution in [0.25, 0.3) is 21.9 Å². The highest BCUT2D eigenvalue weighted by Gasteiger charge is 2.32. The van der Waals surface area contributed by atoms with Crippen molar-refractivity contribution in [1.29, 1.82) is 0 Å². The van der Waals surface area contributed by atoms with E-state index in [4.69, 9.17) is 9.47 Å². The molecule has 7 rings (SSSR count). The Labute approximate surface area is 348 Å². The number of cyclic esters (lactones) is 1. The van der Waals surface area contributed by atoms with E-state index in [0.29, 0.717) is 18.5 Å². The highest BCUT2D eigenvalue weighted by atomic mass is 16.6. The maximum Gasteiger partial charge on any atom is 0.407 e. The molecule has 0 aromatic heterocycles. The molecule has 0 spiro atoms. The normalized spacial score (nSPS) is 18.6. The first-order valence-electron chi connectivity index (χ1n) is 20.2. The lowest BCUT2D eigenvalue weighted by Crippen LogP contribution is -2.51. The molecule has 1 aliphatic heterocycles. The van der Waals surface area contributed by atoms with Gasteiger partial charge in [0.1, 0.15) is 25.3 Å². The summed E-state index contributed by atoms with van der Waals surface area (Å²) in [5.41, 5.74) is 5.65. The Hall–Kier alpha value is -6.79. The van der Waals surface area contributed by atoms with Crippen LogP contribution in [0.1, 0.15) is 48.3 Å². The second kappa shape index (κ2) is 19.8. The van der Waals surface area contributed by atoms with Crippen molar-refractivity contribution in [3.05, 3.63) is 150 Å². The van der Waals surface area contributed by atoms with Gasteiger partial charge in [-0.15, -0.1) is 0 Å². The number of anilines is 1. The van der Waals surface area contributed by atoms with Gasteiger partial charge in [-0.2, -0.15) is 0 Å². The summed E-state index contributed by atoms with van der Waals surface area (Å²) < 4.78 is 11.4. The molecule has 12 heteroatoms. The van der Waals surface area contributed by atoms with Crippen LogP contribution in [0.3, 0.4) is 0 Å². The molecule has 0 bridgehead atoms. The maximum atomic E-state index is 13.9. The summed E-state index contributed by atoms with van der Waals surface area (Å²) in [4.78, 5) is 68.0. The smallest absolute Gasteiger partial charge is 0.407 e. The molecule has 1 heterocycles. The quantitative estimate of drug-likeness (QED) is 0.0778. The largest absolute Gasteiger partial charge is 0.461 e. The van der Waals surface area contributed by atoms with Crippen molar-refractivity contribution in [2.75, 3.05) is 25.1 Å². The predicted molar refractivity (Wildman–Crippen MR) is 228 cm³/mol. The molecule has 60 heavy (non-hydrogen) atoms. The first-order chi connectivity index (χ1) is 29.2. The van der Waals surface area contributed by atoms with E-state index in [2.05, 4.69) is 21.3 Å². The Morgan fingerprint density at radius 2 is 1.50 bits per heavy atom. The number of alkyl carbamates (subject to hydrolysis) is 1. The molecule has 308 valence electrons. The summed E-state index contributed by atoms with van der Waals surface area (Å²) in [6.07, 6.45) is 3.47. The standard InChI is InChI=1S/C48H48N4O8/c53-28-36(25-31-13-3-1-4-14-31)49-44(54)27-34-17-5-2-6-22-42(52-48(58)60-29-41-39-20-11-9-18-37(39)38-19-10-12-21-40(38)41)47(57)59-30-43(51-45(34)55)46(56)50-35-24-23-32-15-7-8-16-33(32)26-35/h1-5,7-16,18-21,23-24,26,34,36,41-43,53H,6,17,22,25,27-30H2,(H,49,54)(H,50,56)(H,51,55)(H,52,58)/t34-,36-,42+,43+/m1/s1. The minimum absolute atomic E-state index is 0.0465. The molecule has 4 atom stereocenters. The number of esters is 1. The van der Waals surface area contributed by atoms with Crippen LogP contribution in [-0.4, -0.2) is 72.8 Å². The van der Waals surface area contributed by atoms with Crippen LogP contribution in [-0.2, 0) is 35.1 Å². The number of nitrogens with one attached hydrogen (secondary N) is 4. The molecule has 0 radical (unpaired) electrons.